The Bertz CT molecular complexity index is 292. The third-order valence-electron chi connectivity index (χ3n) is 3.69. The molecule has 2 heteroatoms. The molecule has 0 amide bonds. The van der Waals surface area contributed by atoms with E-state index in [0.717, 1.165) is 25.7 Å². The highest BCUT2D eigenvalue weighted by atomic mass is 16.2. The zero-order chi connectivity index (χ0) is 13.5. The van der Waals surface area contributed by atoms with E-state index in [0.29, 0.717) is 0 Å². The maximum Gasteiger partial charge on any atom is 0.151 e. The number of rotatable bonds is 2. The highest BCUT2D eigenvalue weighted by molar-refractivity contribution is 6.10. The summed E-state index contributed by atoms with van der Waals surface area (Å²) in [4.78, 5) is 25.3. The van der Waals surface area contributed by atoms with Crippen LogP contribution in [-0.2, 0) is 9.59 Å². The van der Waals surface area contributed by atoms with Crippen LogP contribution in [0.5, 0.6) is 0 Å². The fourth-order valence-electron chi connectivity index (χ4n) is 2.97. The first-order valence-electron chi connectivity index (χ1n) is 6.62. The number of carbonyl (C=O) groups is 2. The Labute approximate surface area is 105 Å². The summed E-state index contributed by atoms with van der Waals surface area (Å²) in [5, 5.41) is 0. The molecule has 0 bridgehead atoms. The standard InChI is InChI=1S/C15H26O2/c1-13(2,3)11(16)15(9-7-8-10-15)12(17)14(4,5)6/h7-10H2,1-6H3. The molecule has 0 aromatic carbocycles. The molecule has 0 saturated heterocycles. The van der Waals surface area contributed by atoms with Crippen LogP contribution in [0.1, 0.15) is 67.2 Å². The Balaban J connectivity index is 3.16. The van der Waals surface area contributed by atoms with Gasteiger partial charge in [-0.2, -0.15) is 0 Å². The first-order valence-corrected chi connectivity index (χ1v) is 6.62. The average molecular weight is 238 g/mol. The smallest absolute Gasteiger partial charge is 0.151 e. The van der Waals surface area contributed by atoms with Gasteiger partial charge in [0.1, 0.15) is 0 Å². The quantitative estimate of drug-likeness (QED) is 0.686. The normalized spacial score (nSPS) is 20.4. The van der Waals surface area contributed by atoms with E-state index in [2.05, 4.69) is 0 Å². The summed E-state index contributed by atoms with van der Waals surface area (Å²) in [7, 11) is 0. The predicted octanol–water partition coefficient (Wildman–Crippen LogP) is 3.78. The van der Waals surface area contributed by atoms with E-state index >= 15 is 0 Å². The van der Waals surface area contributed by atoms with Gasteiger partial charge in [0.15, 0.2) is 11.6 Å². The third kappa shape index (κ3) is 2.61. The second kappa shape index (κ2) is 4.22. The molecule has 0 spiro atoms. The van der Waals surface area contributed by atoms with Gasteiger partial charge in [0.2, 0.25) is 0 Å². The first-order chi connectivity index (χ1) is 7.52. The maximum atomic E-state index is 12.7. The van der Waals surface area contributed by atoms with Gasteiger partial charge in [-0.1, -0.05) is 54.4 Å². The van der Waals surface area contributed by atoms with E-state index < -0.39 is 16.2 Å². The van der Waals surface area contributed by atoms with Crippen LogP contribution in [0.25, 0.3) is 0 Å². The van der Waals surface area contributed by atoms with Crippen molar-refractivity contribution < 1.29 is 9.59 Å². The average Bonchev–Trinajstić information content (AvgIpc) is 2.62. The molecule has 1 saturated carbocycles. The van der Waals surface area contributed by atoms with Gasteiger partial charge in [-0.3, -0.25) is 9.59 Å². The van der Waals surface area contributed by atoms with E-state index in [9.17, 15) is 9.59 Å². The molecule has 0 heterocycles. The zero-order valence-corrected chi connectivity index (χ0v) is 12.1. The molecule has 0 radical (unpaired) electrons. The van der Waals surface area contributed by atoms with Crippen LogP contribution in [0.15, 0.2) is 0 Å². The lowest BCUT2D eigenvalue weighted by atomic mass is 9.63. The van der Waals surface area contributed by atoms with Gasteiger partial charge in [0.25, 0.3) is 0 Å². The van der Waals surface area contributed by atoms with Crippen molar-refractivity contribution in [3.05, 3.63) is 0 Å². The molecule has 0 aromatic heterocycles. The molecule has 98 valence electrons. The Morgan fingerprint density at radius 2 is 1.06 bits per heavy atom. The Morgan fingerprint density at radius 3 is 1.29 bits per heavy atom. The van der Waals surface area contributed by atoms with Crippen molar-refractivity contribution in [2.45, 2.75) is 67.2 Å². The SMILES string of the molecule is CC(C)(C)C(=O)C1(C(=O)C(C)(C)C)CCCC1. The summed E-state index contributed by atoms with van der Waals surface area (Å²) in [5.74, 6) is 0.282. The minimum Gasteiger partial charge on any atom is -0.298 e. The third-order valence-corrected chi connectivity index (χ3v) is 3.69. The van der Waals surface area contributed by atoms with Gasteiger partial charge in [0.05, 0.1) is 5.41 Å². The van der Waals surface area contributed by atoms with Crippen molar-refractivity contribution in [3.8, 4) is 0 Å². The van der Waals surface area contributed by atoms with Crippen molar-refractivity contribution in [3.63, 3.8) is 0 Å². The van der Waals surface area contributed by atoms with E-state index in [4.69, 9.17) is 0 Å². The molecule has 17 heavy (non-hydrogen) atoms. The molecule has 2 nitrogen and oxygen atoms in total. The van der Waals surface area contributed by atoms with Crippen molar-refractivity contribution >= 4 is 11.6 Å². The molecule has 0 unspecified atom stereocenters. The molecule has 0 atom stereocenters. The molecule has 0 N–H and O–H groups in total. The number of Topliss-reactive ketones (excluding diaryl/α,β-unsaturated/α-hetero) is 2. The summed E-state index contributed by atoms with van der Waals surface area (Å²) in [6.07, 6.45) is 3.51. The Kier molecular flexibility index (Phi) is 3.58. The van der Waals surface area contributed by atoms with Gasteiger partial charge in [-0.05, 0) is 12.8 Å². The number of ketones is 2. The lowest BCUT2D eigenvalue weighted by Crippen LogP contribution is -2.47. The molecular formula is C15H26O2. The van der Waals surface area contributed by atoms with Crippen molar-refractivity contribution in [2.75, 3.05) is 0 Å². The molecule has 0 aliphatic heterocycles. The van der Waals surface area contributed by atoms with Gasteiger partial charge in [0, 0.05) is 10.8 Å². The monoisotopic (exact) mass is 238 g/mol. The Morgan fingerprint density at radius 1 is 0.765 bits per heavy atom. The minimum absolute atomic E-state index is 0.141. The summed E-state index contributed by atoms with van der Waals surface area (Å²) in [6, 6.07) is 0. The topological polar surface area (TPSA) is 34.1 Å². The van der Waals surface area contributed by atoms with Gasteiger partial charge in [-0.25, -0.2) is 0 Å². The van der Waals surface area contributed by atoms with E-state index in [1.54, 1.807) is 0 Å². The Hall–Kier alpha value is -0.660. The van der Waals surface area contributed by atoms with Crippen molar-refractivity contribution in [1.29, 1.82) is 0 Å². The van der Waals surface area contributed by atoms with Crippen LogP contribution in [0, 0.1) is 16.2 Å². The summed E-state index contributed by atoms with van der Waals surface area (Å²) in [6.45, 7) is 11.5. The molecular weight excluding hydrogens is 212 g/mol. The maximum absolute atomic E-state index is 12.7. The summed E-state index contributed by atoms with van der Waals surface area (Å²) in [5.41, 5.74) is -1.55. The highest BCUT2D eigenvalue weighted by Crippen LogP contribution is 2.47. The number of hydrogen-bond donors (Lipinski definition) is 0. The first kappa shape index (κ1) is 14.4. The second-order valence-electron chi connectivity index (χ2n) is 7.45. The van der Waals surface area contributed by atoms with Gasteiger partial charge in [-0.15, -0.1) is 0 Å². The lowest BCUT2D eigenvalue weighted by molar-refractivity contribution is -0.150. The molecule has 1 fully saturated rings. The molecule has 1 aliphatic carbocycles. The fraction of sp³-hybridized carbons (Fsp3) is 0.867. The number of carbonyl (C=O) groups excluding carboxylic acids is 2. The second-order valence-corrected chi connectivity index (χ2v) is 7.45. The largest absolute Gasteiger partial charge is 0.298 e. The van der Waals surface area contributed by atoms with Gasteiger partial charge < -0.3 is 0 Å². The number of hydrogen-bond acceptors (Lipinski definition) is 2. The van der Waals surface area contributed by atoms with Crippen LogP contribution in [-0.4, -0.2) is 11.6 Å². The van der Waals surface area contributed by atoms with Crippen LogP contribution < -0.4 is 0 Å². The summed E-state index contributed by atoms with van der Waals surface area (Å²) >= 11 is 0. The summed E-state index contributed by atoms with van der Waals surface area (Å²) < 4.78 is 0. The van der Waals surface area contributed by atoms with Gasteiger partial charge >= 0.3 is 0 Å². The molecule has 1 aliphatic rings. The van der Waals surface area contributed by atoms with E-state index in [1.165, 1.54) is 0 Å². The van der Waals surface area contributed by atoms with Crippen LogP contribution in [0.2, 0.25) is 0 Å². The molecule has 0 aromatic rings. The van der Waals surface area contributed by atoms with Crippen molar-refractivity contribution in [2.24, 2.45) is 16.2 Å². The lowest BCUT2D eigenvalue weighted by Gasteiger charge is -2.36. The minimum atomic E-state index is -0.698. The molecule has 1 rings (SSSR count). The fourth-order valence-corrected chi connectivity index (χ4v) is 2.97. The van der Waals surface area contributed by atoms with Crippen LogP contribution >= 0.6 is 0 Å². The van der Waals surface area contributed by atoms with Crippen LogP contribution in [0.4, 0.5) is 0 Å². The predicted molar refractivity (Wildman–Crippen MR) is 69.8 cm³/mol. The van der Waals surface area contributed by atoms with E-state index in [1.807, 2.05) is 41.5 Å². The van der Waals surface area contributed by atoms with E-state index in [-0.39, 0.29) is 11.6 Å². The zero-order valence-electron chi connectivity index (χ0n) is 12.1. The van der Waals surface area contributed by atoms with Crippen molar-refractivity contribution in [1.82, 2.24) is 0 Å². The van der Waals surface area contributed by atoms with Crippen LogP contribution in [0.3, 0.4) is 0 Å². The highest BCUT2D eigenvalue weighted by Gasteiger charge is 2.53.